The van der Waals surface area contributed by atoms with Crippen LogP contribution in [0, 0.1) is 25.7 Å². The molecule has 156 valence electrons. The molecule has 2 aliphatic rings. The average molecular weight is 390 g/mol. The summed E-state index contributed by atoms with van der Waals surface area (Å²) in [6.45, 7) is 11.0. The third-order valence-electron chi connectivity index (χ3n) is 6.52. The highest BCUT2D eigenvalue weighted by molar-refractivity contribution is 5.79. The smallest absolute Gasteiger partial charge is 0.225 e. The summed E-state index contributed by atoms with van der Waals surface area (Å²) in [5.74, 6) is 1.79. The first-order chi connectivity index (χ1) is 13.4. The fraction of sp³-hybridized carbons (Fsp3) is 0.696. The number of nitrogens with one attached hydrogen (secondary N) is 1. The van der Waals surface area contributed by atoms with E-state index >= 15 is 0 Å². The molecule has 0 aromatic heterocycles. The van der Waals surface area contributed by atoms with Gasteiger partial charge in [0.05, 0.1) is 27.3 Å². The lowest BCUT2D eigenvalue weighted by Crippen LogP contribution is -3.06. The third kappa shape index (κ3) is 4.69. The third-order valence-corrected chi connectivity index (χ3v) is 6.52. The van der Waals surface area contributed by atoms with Gasteiger partial charge in [0.2, 0.25) is 5.91 Å². The Labute approximate surface area is 170 Å². The zero-order valence-electron chi connectivity index (χ0n) is 18.3. The van der Waals surface area contributed by atoms with Crippen LogP contribution in [0.15, 0.2) is 6.07 Å². The van der Waals surface area contributed by atoms with Gasteiger partial charge in [0, 0.05) is 19.0 Å². The zero-order valence-corrected chi connectivity index (χ0v) is 18.3. The van der Waals surface area contributed by atoms with Gasteiger partial charge in [-0.1, -0.05) is 6.92 Å². The lowest BCUT2D eigenvalue weighted by Gasteiger charge is -2.35. The van der Waals surface area contributed by atoms with Crippen LogP contribution in [0.1, 0.15) is 35.6 Å². The van der Waals surface area contributed by atoms with Crippen molar-refractivity contribution >= 4 is 5.91 Å². The van der Waals surface area contributed by atoms with E-state index in [2.05, 4.69) is 40.9 Å². The van der Waals surface area contributed by atoms with Crippen molar-refractivity contribution in [3.8, 4) is 5.75 Å². The van der Waals surface area contributed by atoms with Crippen LogP contribution in [0.25, 0.3) is 0 Å². The van der Waals surface area contributed by atoms with Crippen molar-refractivity contribution in [1.82, 2.24) is 4.90 Å². The van der Waals surface area contributed by atoms with Crippen LogP contribution in [0.3, 0.4) is 0 Å². The van der Waals surface area contributed by atoms with Gasteiger partial charge in [-0.25, -0.2) is 0 Å². The molecular weight excluding hydrogens is 352 g/mol. The number of ether oxygens (including phenoxy) is 2. The molecule has 5 heteroatoms. The molecule has 1 N–H and O–H groups in total. The standard InChI is InChI=1S/C23H36N2O3/c1-16-14-22(28-13-8-24(4)5)18(3)21-15-19(6-7-20(16)21)17(2)23(26)25-9-11-27-12-10-25/h14,17,19H,6-13,15H2,1-5H3/p+1/t17-,19+/m0/s1. The van der Waals surface area contributed by atoms with Crippen molar-refractivity contribution in [2.24, 2.45) is 11.8 Å². The molecule has 0 unspecified atom stereocenters. The van der Waals surface area contributed by atoms with E-state index in [-0.39, 0.29) is 5.92 Å². The molecule has 1 aliphatic carbocycles. The molecule has 1 fully saturated rings. The summed E-state index contributed by atoms with van der Waals surface area (Å²) in [7, 11) is 4.29. The number of carbonyl (C=O) groups is 1. The quantitative estimate of drug-likeness (QED) is 0.800. The number of carbonyl (C=O) groups excluding carboxylic acids is 1. The summed E-state index contributed by atoms with van der Waals surface area (Å²) < 4.78 is 11.5. The van der Waals surface area contributed by atoms with E-state index in [1.165, 1.54) is 27.2 Å². The number of aryl methyl sites for hydroxylation is 1. The second-order valence-electron chi connectivity index (χ2n) is 8.81. The number of morpholine rings is 1. The molecule has 0 spiro atoms. The second-order valence-corrected chi connectivity index (χ2v) is 8.81. The first-order valence-electron chi connectivity index (χ1n) is 10.8. The second kappa shape index (κ2) is 9.27. The number of quaternary nitrogens is 1. The minimum absolute atomic E-state index is 0.0628. The van der Waals surface area contributed by atoms with E-state index < -0.39 is 0 Å². The van der Waals surface area contributed by atoms with E-state index in [1.54, 1.807) is 0 Å². The highest BCUT2D eigenvalue weighted by Crippen LogP contribution is 2.38. The van der Waals surface area contributed by atoms with Crippen LogP contribution in [0.2, 0.25) is 0 Å². The number of benzene rings is 1. The first-order valence-corrected chi connectivity index (χ1v) is 10.8. The van der Waals surface area contributed by atoms with Crippen LogP contribution < -0.4 is 9.64 Å². The van der Waals surface area contributed by atoms with Crippen molar-refractivity contribution in [2.75, 3.05) is 53.6 Å². The predicted octanol–water partition coefficient (Wildman–Crippen LogP) is 1.43. The van der Waals surface area contributed by atoms with E-state index in [0.717, 1.165) is 51.3 Å². The van der Waals surface area contributed by atoms with E-state index in [1.807, 2.05) is 4.90 Å². The maximum atomic E-state index is 13.0. The highest BCUT2D eigenvalue weighted by Gasteiger charge is 2.32. The molecule has 1 aromatic carbocycles. The number of nitrogens with zero attached hydrogens (tertiary/aromatic N) is 1. The Morgan fingerprint density at radius 1 is 1.29 bits per heavy atom. The van der Waals surface area contributed by atoms with Crippen molar-refractivity contribution in [3.63, 3.8) is 0 Å². The molecule has 5 nitrogen and oxygen atoms in total. The van der Waals surface area contributed by atoms with E-state index in [4.69, 9.17) is 9.47 Å². The number of hydrogen-bond donors (Lipinski definition) is 1. The van der Waals surface area contributed by atoms with Crippen LogP contribution in [0.5, 0.6) is 5.75 Å². The van der Waals surface area contributed by atoms with Gasteiger partial charge in [0.1, 0.15) is 18.9 Å². The monoisotopic (exact) mass is 389 g/mol. The van der Waals surface area contributed by atoms with Gasteiger partial charge in [-0.2, -0.15) is 0 Å². The van der Waals surface area contributed by atoms with Crippen molar-refractivity contribution in [2.45, 2.75) is 40.0 Å². The predicted molar refractivity (Wildman–Crippen MR) is 111 cm³/mol. The summed E-state index contributed by atoms with van der Waals surface area (Å²) in [6, 6.07) is 2.21. The molecule has 0 bridgehead atoms. The normalized spacial score (nSPS) is 20.8. The van der Waals surface area contributed by atoms with Crippen molar-refractivity contribution < 1.29 is 19.2 Å². The topological polar surface area (TPSA) is 43.2 Å². The molecule has 1 saturated heterocycles. The van der Waals surface area contributed by atoms with Crippen LogP contribution in [-0.4, -0.2) is 64.4 Å². The van der Waals surface area contributed by atoms with Gasteiger partial charge in [0.15, 0.2) is 0 Å². The highest BCUT2D eigenvalue weighted by atomic mass is 16.5. The maximum absolute atomic E-state index is 13.0. The van der Waals surface area contributed by atoms with Gasteiger partial charge in [-0.15, -0.1) is 0 Å². The van der Waals surface area contributed by atoms with E-state index in [9.17, 15) is 4.79 Å². The number of amides is 1. The molecule has 3 rings (SSSR count). The molecular formula is C23H37N2O3+. The van der Waals surface area contributed by atoms with Gasteiger partial charge in [-0.05, 0) is 67.3 Å². The minimum Gasteiger partial charge on any atom is -0.487 e. The molecule has 0 radical (unpaired) electrons. The maximum Gasteiger partial charge on any atom is 0.225 e. The molecule has 1 amide bonds. The Morgan fingerprint density at radius 3 is 2.68 bits per heavy atom. The van der Waals surface area contributed by atoms with Crippen LogP contribution >= 0.6 is 0 Å². The van der Waals surface area contributed by atoms with Gasteiger partial charge in [0.25, 0.3) is 0 Å². The largest absolute Gasteiger partial charge is 0.487 e. The zero-order chi connectivity index (χ0) is 20.3. The summed E-state index contributed by atoms with van der Waals surface area (Å²) in [6.07, 6.45) is 3.14. The molecule has 1 heterocycles. The molecule has 0 saturated carbocycles. The SMILES string of the molecule is Cc1cc(OCC[NH+](C)C)c(C)c2c1CC[C@@H]([C@H](C)C(=O)N1CCOCC1)C2. The summed E-state index contributed by atoms with van der Waals surface area (Å²) in [5, 5.41) is 0. The van der Waals surface area contributed by atoms with Crippen molar-refractivity contribution in [3.05, 3.63) is 28.3 Å². The number of fused-ring (bicyclic) bond motifs is 1. The Kier molecular flexibility index (Phi) is 7.00. The fourth-order valence-corrected chi connectivity index (χ4v) is 4.54. The van der Waals surface area contributed by atoms with Crippen LogP contribution in [0.4, 0.5) is 0 Å². The minimum atomic E-state index is 0.0628. The molecule has 2 atom stereocenters. The first kappa shape index (κ1) is 21.1. The Morgan fingerprint density at radius 2 is 2.00 bits per heavy atom. The summed E-state index contributed by atoms with van der Waals surface area (Å²) >= 11 is 0. The van der Waals surface area contributed by atoms with Gasteiger partial charge in [-0.3, -0.25) is 4.79 Å². The molecule has 1 aliphatic heterocycles. The summed E-state index contributed by atoms with van der Waals surface area (Å²) in [4.78, 5) is 16.4. The summed E-state index contributed by atoms with van der Waals surface area (Å²) in [5.41, 5.74) is 5.50. The van der Waals surface area contributed by atoms with Crippen LogP contribution in [-0.2, 0) is 22.4 Å². The van der Waals surface area contributed by atoms with Gasteiger partial charge >= 0.3 is 0 Å². The lowest BCUT2D eigenvalue weighted by molar-refractivity contribution is -0.858. The number of rotatable bonds is 6. The Hall–Kier alpha value is -1.59. The average Bonchev–Trinajstić information content (AvgIpc) is 2.70. The molecule has 1 aromatic rings. The van der Waals surface area contributed by atoms with E-state index in [0.29, 0.717) is 25.0 Å². The Balaban J connectivity index is 1.73. The van der Waals surface area contributed by atoms with Crippen molar-refractivity contribution in [1.29, 1.82) is 0 Å². The number of hydrogen-bond acceptors (Lipinski definition) is 3. The molecule has 28 heavy (non-hydrogen) atoms. The Bertz CT molecular complexity index is 696. The number of likely N-dealkylation sites (N-methyl/N-ethyl adjacent to an activating group) is 1. The van der Waals surface area contributed by atoms with Gasteiger partial charge < -0.3 is 19.3 Å². The fourth-order valence-electron chi connectivity index (χ4n) is 4.54. The lowest BCUT2D eigenvalue weighted by atomic mass is 9.74.